The number of furan rings is 1. The molecule has 3 heterocycles. The zero-order valence-electron chi connectivity index (χ0n) is 20.1. The molecule has 0 N–H and O–H groups in total. The molecule has 1 aliphatic heterocycles. The van der Waals surface area contributed by atoms with Gasteiger partial charge in [0.05, 0.1) is 0 Å². The lowest BCUT2D eigenvalue weighted by molar-refractivity contribution is -0.138. The van der Waals surface area contributed by atoms with Crippen LogP contribution in [-0.4, -0.2) is 64.3 Å². The molecule has 4 rings (SSSR count). The molecule has 194 valence electrons. The highest BCUT2D eigenvalue weighted by Crippen LogP contribution is 2.36. The first-order valence-corrected chi connectivity index (χ1v) is 11.9. The maximum Gasteiger partial charge on any atom is 0.406 e. The van der Waals surface area contributed by atoms with E-state index in [0.29, 0.717) is 54.7 Å². The summed E-state index contributed by atoms with van der Waals surface area (Å²) >= 11 is 0. The van der Waals surface area contributed by atoms with Crippen LogP contribution in [0.5, 0.6) is 0 Å². The average molecular weight is 509 g/mol. The molecular formula is C25H28F4N4O3. The summed E-state index contributed by atoms with van der Waals surface area (Å²) in [5, 5.41) is 4.47. The fourth-order valence-corrected chi connectivity index (χ4v) is 4.73. The summed E-state index contributed by atoms with van der Waals surface area (Å²) in [6.45, 7) is 1.82. The summed E-state index contributed by atoms with van der Waals surface area (Å²) in [5.74, 6) is -2.26. The third kappa shape index (κ3) is 5.55. The molecule has 1 atom stereocenters. The van der Waals surface area contributed by atoms with Crippen molar-refractivity contribution in [2.24, 2.45) is 0 Å². The number of aromatic nitrogens is 2. The highest BCUT2D eigenvalue weighted by molar-refractivity contribution is 5.97. The summed E-state index contributed by atoms with van der Waals surface area (Å²) in [6.07, 6.45) is 1.04. The van der Waals surface area contributed by atoms with Gasteiger partial charge in [-0.25, -0.2) is 4.39 Å². The van der Waals surface area contributed by atoms with Gasteiger partial charge in [0.15, 0.2) is 17.2 Å². The number of piperidine rings is 1. The molecule has 1 saturated heterocycles. The maximum absolute atomic E-state index is 15.7. The van der Waals surface area contributed by atoms with Crippen molar-refractivity contribution in [2.75, 3.05) is 26.7 Å². The van der Waals surface area contributed by atoms with Crippen LogP contribution in [0.3, 0.4) is 0 Å². The number of carbonyl (C=O) groups is 2. The molecule has 0 bridgehead atoms. The van der Waals surface area contributed by atoms with E-state index in [1.807, 2.05) is 6.92 Å². The molecule has 1 aliphatic rings. The molecule has 1 fully saturated rings. The highest BCUT2D eigenvalue weighted by Gasteiger charge is 2.33. The van der Waals surface area contributed by atoms with Crippen LogP contribution in [0.2, 0.25) is 0 Å². The molecule has 2 amide bonds. The van der Waals surface area contributed by atoms with Crippen LogP contribution >= 0.6 is 0 Å². The third-order valence-corrected chi connectivity index (χ3v) is 6.54. The first-order valence-electron chi connectivity index (χ1n) is 11.9. The zero-order valence-corrected chi connectivity index (χ0v) is 20.1. The van der Waals surface area contributed by atoms with Gasteiger partial charge in [0.25, 0.3) is 5.91 Å². The number of likely N-dealkylation sites (tertiary alicyclic amines) is 1. The minimum absolute atomic E-state index is 0.0361. The summed E-state index contributed by atoms with van der Waals surface area (Å²) in [4.78, 5) is 27.5. The van der Waals surface area contributed by atoms with E-state index < -0.39 is 24.4 Å². The molecule has 2 aromatic heterocycles. The maximum atomic E-state index is 15.7. The molecule has 1 unspecified atom stereocenters. The number of benzene rings is 1. The van der Waals surface area contributed by atoms with Crippen molar-refractivity contribution < 1.29 is 31.6 Å². The van der Waals surface area contributed by atoms with Gasteiger partial charge in [-0.2, -0.15) is 18.3 Å². The predicted molar refractivity (Wildman–Crippen MR) is 124 cm³/mol. The van der Waals surface area contributed by atoms with Gasteiger partial charge in [0, 0.05) is 56.8 Å². The molecule has 0 spiro atoms. The van der Waals surface area contributed by atoms with Crippen molar-refractivity contribution in [1.29, 1.82) is 0 Å². The van der Waals surface area contributed by atoms with E-state index in [1.54, 1.807) is 34.1 Å². The smallest absolute Gasteiger partial charge is 0.406 e. The second-order valence-corrected chi connectivity index (χ2v) is 9.12. The van der Waals surface area contributed by atoms with Crippen molar-refractivity contribution in [3.05, 3.63) is 53.3 Å². The monoisotopic (exact) mass is 508 g/mol. The van der Waals surface area contributed by atoms with E-state index in [2.05, 4.69) is 5.10 Å². The third-order valence-electron chi connectivity index (χ3n) is 6.54. The van der Waals surface area contributed by atoms with Gasteiger partial charge in [0.2, 0.25) is 5.91 Å². The Bertz CT molecular complexity index is 1240. The molecule has 7 nitrogen and oxygen atoms in total. The lowest BCUT2D eigenvalue weighted by Gasteiger charge is -2.33. The van der Waals surface area contributed by atoms with E-state index in [0.717, 1.165) is 12.6 Å². The van der Waals surface area contributed by atoms with Gasteiger partial charge in [-0.15, -0.1) is 0 Å². The van der Waals surface area contributed by atoms with Crippen LogP contribution in [0, 0.1) is 5.82 Å². The number of hydrogen-bond acceptors (Lipinski definition) is 4. The lowest BCUT2D eigenvalue weighted by atomic mass is 9.88. The Morgan fingerprint density at radius 1 is 1.28 bits per heavy atom. The number of halogens is 4. The van der Waals surface area contributed by atoms with Crippen molar-refractivity contribution >= 4 is 22.8 Å². The van der Waals surface area contributed by atoms with Crippen molar-refractivity contribution in [3.8, 4) is 0 Å². The molecule has 3 aromatic rings. The van der Waals surface area contributed by atoms with E-state index in [9.17, 15) is 22.8 Å². The summed E-state index contributed by atoms with van der Waals surface area (Å²) in [7, 11) is 1.02. The Morgan fingerprint density at radius 2 is 2.06 bits per heavy atom. The minimum atomic E-state index is -4.56. The number of alkyl halides is 3. The number of rotatable bonds is 7. The van der Waals surface area contributed by atoms with E-state index in [-0.39, 0.29) is 29.6 Å². The average Bonchev–Trinajstić information content (AvgIpc) is 3.52. The number of amides is 2. The van der Waals surface area contributed by atoms with Gasteiger partial charge in [-0.1, -0.05) is 13.0 Å². The van der Waals surface area contributed by atoms with Crippen molar-refractivity contribution in [2.45, 2.75) is 51.2 Å². The van der Waals surface area contributed by atoms with Crippen molar-refractivity contribution in [3.63, 3.8) is 0 Å². The van der Waals surface area contributed by atoms with Gasteiger partial charge < -0.3 is 14.2 Å². The fourth-order valence-electron chi connectivity index (χ4n) is 4.73. The summed E-state index contributed by atoms with van der Waals surface area (Å²) in [5.41, 5.74) is 0.973. The zero-order chi connectivity index (χ0) is 26.0. The summed E-state index contributed by atoms with van der Waals surface area (Å²) < 4.78 is 61.0. The Morgan fingerprint density at radius 3 is 2.72 bits per heavy atom. The topological polar surface area (TPSA) is 71.6 Å². The SMILES string of the molecule is CCc1cc(C2CCCN(C(=O)CCn3cccn3)C2)c(F)c2oc(C(=O)N(C)CC(F)(F)F)cc12. The molecule has 11 heteroatoms. The molecule has 0 radical (unpaired) electrons. The number of fused-ring (bicyclic) bond motifs is 1. The second-order valence-electron chi connectivity index (χ2n) is 9.12. The molecule has 0 saturated carbocycles. The molecule has 0 aliphatic carbocycles. The number of nitrogens with zero attached hydrogens (tertiary/aromatic N) is 4. The predicted octanol–water partition coefficient (Wildman–Crippen LogP) is 4.76. The first-order chi connectivity index (χ1) is 17.1. The van der Waals surface area contributed by atoms with Crippen LogP contribution in [0.15, 0.2) is 35.0 Å². The van der Waals surface area contributed by atoms with Crippen LogP contribution in [0.4, 0.5) is 17.6 Å². The fraction of sp³-hybridized carbons (Fsp3) is 0.480. The van der Waals surface area contributed by atoms with Gasteiger partial charge in [-0.3, -0.25) is 14.3 Å². The molecular weight excluding hydrogens is 480 g/mol. The van der Waals surface area contributed by atoms with Crippen LogP contribution < -0.4 is 0 Å². The van der Waals surface area contributed by atoms with Crippen LogP contribution in [-0.2, 0) is 17.8 Å². The van der Waals surface area contributed by atoms with Crippen LogP contribution in [0.25, 0.3) is 11.0 Å². The number of aryl methyl sites for hydroxylation is 2. The largest absolute Gasteiger partial charge is 0.448 e. The Hall–Kier alpha value is -3.37. The number of carbonyl (C=O) groups excluding carboxylic acids is 2. The van der Waals surface area contributed by atoms with E-state index >= 15 is 4.39 Å². The first kappa shape index (κ1) is 25.7. The minimum Gasteiger partial charge on any atom is -0.448 e. The Balaban J connectivity index is 1.57. The van der Waals surface area contributed by atoms with E-state index in [1.165, 1.54) is 6.07 Å². The normalized spacial score (nSPS) is 16.5. The number of hydrogen-bond donors (Lipinski definition) is 0. The lowest BCUT2D eigenvalue weighted by Crippen LogP contribution is -2.39. The quantitative estimate of drug-likeness (QED) is 0.432. The second kappa shape index (κ2) is 10.3. The highest BCUT2D eigenvalue weighted by atomic mass is 19.4. The Kier molecular flexibility index (Phi) is 7.37. The standard InChI is InChI=1S/C25H28F4N4O3/c1-3-16-12-18(17-6-4-9-32(14-17)21(34)7-11-33-10-5-8-30-33)22(26)23-19(16)13-20(36-23)24(35)31(2)15-25(27,28)29/h5,8,10,12-13,17H,3-4,6-7,9,11,14-15H2,1-2H3. The summed E-state index contributed by atoms with van der Waals surface area (Å²) in [6, 6.07) is 4.82. The van der Waals surface area contributed by atoms with E-state index in [4.69, 9.17) is 4.42 Å². The molecule has 1 aromatic carbocycles. The van der Waals surface area contributed by atoms with Crippen LogP contribution in [0.1, 0.15) is 53.8 Å². The van der Waals surface area contributed by atoms with Gasteiger partial charge >= 0.3 is 6.18 Å². The Labute approximate surface area is 205 Å². The van der Waals surface area contributed by atoms with Gasteiger partial charge in [0.1, 0.15) is 6.54 Å². The molecule has 36 heavy (non-hydrogen) atoms. The van der Waals surface area contributed by atoms with Gasteiger partial charge in [-0.05, 0) is 42.5 Å². The van der Waals surface area contributed by atoms with Crippen molar-refractivity contribution in [1.82, 2.24) is 19.6 Å².